The first kappa shape index (κ1) is 13.7. The van der Waals surface area contributed by atoms with Gasteiger partial charge in [0.2, 0.25) is 6.79 Å². The molecule has 0 aliphatic carbocycles. The number of nitrogens with one attached hydrogen (secondary N) is 1. The van der Waals surface area contributed by atoms with Gasteiger partial charge in [-0.3, -0.25) is 4.98 Å². The minimum Gasteiger partial charge on any atom is -0.506 e. The van der Waals surface area contributed by atoms with Gasteiger partial charge in [-0.2, -0.15) is 0 Å². The quantitative estimate of drug-likeness (QED) is 0.904. The number of aryl methyl sites for hydroxylation is 1. The van der Waals surface area contributed by atoms with Gasteiger partial charge in [0.25, 0.3) is 0 Å². The molecule has 2 heterocycles. The van der Waals surface area contributed by atoms with Crippen LogP contribution < -0.4 is 14.8 Å². The highest BCUT2D eigenvalue weighted by Gasteiger charge is 2.16. The Morgan fingerprint density at radius 1 is 1.24 bits per heavy atom. The molecule has 5 nitrogen and oxygen atoms in total. The minimum absolute atomic E-state index is 0.112. The van der Waals surface area contributed by atoms with Crippen LogP contribution in [0.3, 0.4) is 0 Å². The second kappa shape index (κ2) is 5.61. The Bertz CT molecular complexity index is 658. The molecule has 1 unspecified atom stereocenters. The summed E-state index contributed by atoms with van der Waals surface area (Å²) >= 11 is 0. The molecule has 5 heteroatoms. The van der Waals surface area contributed by atoms with Gasteiger partial charge >= 0.3 is 0 Å². The molecule has 2 N–H and O–H groups in total. The van der Waals surface area contributed by atoms with Crippen LogP contribution in [0.4, 0.5) is 0 Å². The molecule has 1 atom stereocenters. The fourth-order valence-electron chi connectivity index (χ4n) is 2.28. The fraction of sp³-hybridized carbons (Fsp3) is 0.312. The third kappa shape index (κ3) is 2.92. The first-order chi connectivity index (χ1) is 10.1. The highest BCUT2D eigenvalue weighted by molar-refractivity contribution is 5.45. The van der Waals surface area contributed by atoms with Crippen LogP contribution in [0.1, 0.15) is 29.9 Å². The van der Waals surface area contributed by atoms with Crippen LogP contribution in [0.25, 0.3) is 0 Å². The average molecular weight is 286 g/mol. The normalized spacial score (nSPS) is 14.2. The van der Waals surface area contributed by atoms with Crippen LogP contribution in [-0.2, 0) is 6.54 Å². The summed E-state index contributed by atoms with van der Waals surface area (Å²) in [5.41, 5.74) is 2.65. The number of nitrogens with zero attached hydrogens (tertiary/aromatic N) is 1. The number of hydrogen-bond acceptors (Lipinski definition) is 5. The summed E-state index contributed by atoms with van der Waals surface area (Å²) in [6.45, 7) is 4.75. The summed E-state index contributed by atoms with van der Waals surface area (Å²) in [5, 5.41) is 13.2. The predicted molar refractivity (Wildman–Crippen MR) is 78.5 cm³/mol. The van der Waals surface area contributed by atoms with Crippen molar-refractivity contribution in [3.63, 3.8) is 0 Å². The summed E-state index contributed by atoms with van der Waals surface area (Å²) in [6, 6.07) is 9.47. The molecular weight excluding hydrogens is 268 g/mol. The summed E-state index contributed by atoms with van der Waals surface area (Å²) in [4.78, 5) is 4.34. The van der Waals surface area contributed by atoms with E-state index in [0.29, 0.717) is 12.2 Å². The van der Waals surface area contributed by atoms with Gasteiger partial charge in [0, 0.05) is 18.3 Å². The lowest BCUT2D eigenvalue weighted by Crippen LogP contribution is -2.19. The van der Waals surface area contributed by atoms with E-state index in [1.807, 2.05) is 25.1 Å². The molecule has 2 aromatic rings. The van der Waals surface area contributed by atoms with Crippen molar-refractivity contribution in [1.82, 2.24) is 10.3 Å². The van der Waals surface area contributed by atoms with E-state index in [9.17, 15) is 5.11 Å². The molecule has 0 amide bonds. The number of aromatic nitrogens is 1. The first-order valence-corrected chi connectivity index (χ1v) is 6.92. The van der Waals surface area contributed by atoms with E-state index in [-0.39, 0.29) is 18.6 Å². The third-order valence-corrected chi connectivity index (χ3v) is 3.56. The van der Waals surface area contributed by atoms with Crippen LogP contribution in [-0.4, -0.2) is 16.9 Å². The number of pyridine rings is 1. The van der Waals surface area contributed by atoms with Crippen molar-refractivity contribution in [2.75, 3.05) is 6.79 Å². The Hall–Kier alpha value is -2.27. The van der Waals surface area contributed by atoms with Crippen molar-refractivity contribution in [3.8, 4) is 17.2 Å². The van der Waals surface area contributed by atoms with Gasteiger partial charge in [0.1, 0.15) is 5.75 Å². The average Bonchev–Trinajstić information content (AvgIpc) is 2.95. The molecule has 0 bridgehead atoms. The molecule has 0 saturated carbocycles. The van der Waals surface area contributed by atoms with E-state index in [0.717, 1.165) is 22.8 Å². The van der Waals surface area contributed by atoms with Gasteiger partial charge in [-0.1, -0.05) is 6.07 Å². The van der Waals surface area contributed by atoms with Crippen molar-refractivity contribution >= 4 is 0 Å². The highest BCUT2D eigenvalue weighted by Crippen LogP contribution is 2.34. The largest absolute Gasteiger partial charge is 0.506 e. The zero-order valence-corrected chi connectivity index (χ0v) is 12.1. The lowest BCUT2D eigenvalue weighted by Gasteiger charge is -2.15. The Morgan fingerprint density at radius 3 is 2.90 bits per heavy atom. The van der Waals surface area contributed by atoms with Crippen LogP contribution in [0.15, 0.2) is 30.3 Å². The lowest BCUT2D eigenvalue weighted by molar-refractivity contribution is 0.174. The maximum Gasteiger partial charge on any atom is 0.231 e. The monoisotopic (exact) mass is 286 g/mol. The van der Waals surface area contributed by atoms with Crippen molar-refractivity contribution in [3.05, 3.63) is 47.3 Å². The summed E-state index contributed by atoms with van der Waals surface area (Å²) in [7, 11) is 0. The van der Waals surface area contributed by atoms with Gasteiger partial charge in [-0.25, -0.2) is 0 Å². The van der Waals surface area contributed by atoms with Gasteiger partial charge in [-0.15, -0.1) is 0 Å². The second-order valence-electron chi connectivity index (χ2n) is 5.13. The zero-order chi connectivity index (χ0) is 14.8. The van der Waals surface area contributed by atoms with Crippen molar-refractivity contribution in [1.29, 1.82) is 0 Å². The van der Waals surface area contributed by atoms with E-state index in [1.54, 1.807) is 12.1 Å². The molecule has 110 valence electrons. The number of rotatable bonds is 4. The van der Waals surface area contributed by atoms with Crippen molar-refractivity contribution in [2.45, 2.75) is 26.4 Å². The molecule has 0 spiro atoms. The standard InChI is InChI=1S/C16H18N2O3/c1-10-3-5-14(19)13(18-10)8-17-11(2)12-4-6-15-16(7-12)21-9-20-15/h3-7,11,17,19H,8-9H2,1-2H3. The number of aromatic hydroxyl groups is 1. The Morgan fingerprint density at radius 2 is 2.05 bits per heavy atom. The zero-order valence-electron chi connectivity index (χ0n) is 12.1. The summed E-state index contributed by atoms with van der Waals surface area (Å²) in [5.74, 6) is 1.77. The third-order valence-electron chi connectivity index (χ3n) is 3.56. The molecule has 0 fully saturated rings. The maximum absolute atomic E-state index is 9.81. The molecule has 1 aliphatic heterocycles. The van der Waals surface area contributed by atoms with Crippen molar-refractivity contribution < 1.29 is 14.6 Å². The number of hydrogen-bond donors (Lipinski definition) is 2. The SMILES string of the molecule is Cc1ccc(O)c(CNC(C)c2ccc3c(c2)OCO3)n1. The van der Waals surface area contributed by atoms with E-state index >= 15 is 0 Å². The molecule has 21 heavy (non-hydrogen) atoms. The van der Waals surface area contributed by atoms with Crippen LogP contribution in [0, 0.1) is 6.92 Å². The molecule has 3 rings (SSSR count). The second-order valence-corrected chi connectivity index (χ2v) is 5.13. The van der Waals surface area contributed by atoms with E-state index in [4.69, 9.17) is 9.47 Å². The van der Waals surface area contributed by atoms with E-state index in [2.05, 4.69) is 17.2 Å². The molecule has 1 aromatic heterocycles. The maximum atomic E-state index is 9.81. The van der Waals surface area contributed by atoms with Crippen LogP contribution in [0.5, 0.6) is 17.2 Å². The molecule has 0 radical (unpaired) electrons. The van der Waals surface area contributed by atoms with E-state index < -0.39 is 0 Å². The molecular formula is C16H18N2O3. The highest BCUT2D eigenvalue weighted by atomic mass is 16.7. The Balaban J connectivity index is 1.69. The smallest absolute Gasteiger partial charge is 0.231 e. The lowest BCUT2D eigenvalue weighted by atomic mass is 10.1. The van der Waals surface area contributed by atoms with E-state index in [1.165, 1.54) is 0 Å². The molecule has 0 saturated heterocycles. The number of fused-ring (bicyclic) bond motifs is 1. The topological polar surface area (TPSA) is 63.6 Å². The van der Waals surface area contributed by atoms with Gasteiger partial charge in [-0.05, 0) is 43.7 Å². The molecule has 1 aliphatic rings. The minimum atomic E-state index is 0.112. The summed E-state index contributed by atoms with van der Waals surface area (Å²) < 4.78 is 10.7. The fourth-order valence-corrected chi connectivity index (χ4v) is 2.28. The first-order valence-electron chi connectivity index (χ1n) is 6.92. The van der Waals surface area contributed by atoms with Crippen LogP contribution >= 0.6 is 0 Å². The van der Waals surface area contributed by atoms with Gasteiger partial charge < -0.3 is 19.9 Å². The van der Waals surface area contributed by atoms with Gasteiger partial charge in [0.15, 0.2) is 11.5 Å². The predicted octanol–water partition coefficient (Wildman–Crippen LogP) is 2.68. The van der Waals surface area contributed by atoms with Crippen molar-refractivity contribution in [2.24, 2.45) is 0 Å². The van der Waals surface area contributed by atoms with Gasteiger partial charge in [0.05, 0.1) is 5.69 Å². The van der Waals surface area contributed by atoms with Crippen LogP contribution in [0.2, 0.25) is 0 Å². The number of ether oxygens (including phenoxy) is 2. The Kier molecular flexibility index (Phi) is 3.66. The molecule has 1 aromatic carbocycles. The Labute approximate surface area is 123 Å². The summed E-state index contributed by atoms with van der Waals surface area (Å²) in [6.07, 6.45) is 0. The number of benzene rings is 1.